The molecule has 0 aliphatic rings. The van der Waals surface area contributed by atoms with Gasteiger partial charge in [0, 0.05) is 28.4 Å². The average molecular weight is 338 g/mol. The van der Waals surface area contributed by atoms with Crippen molar-refractivity contribution < 1.29 is 19.1 Å². The number of fused-ring (bicyclic) bond motifs is 1. The van der Waals surface area contributed by atoms with E-state index >= 15 is 0 Å². The maximum atomic E-state index is 12.4. The monoisotopic (exact) mass is 338 g/mol. The summed E-state index contributed by atoms with van der Waals surface area (Å²) in [6.45, 7) is 4.50. The number of para-hydroxylation sites is 1. The van der Waals surface area contributed by atoms with Crippen molar-refractivity contribution in [1.82, 2.24) is 9.97 Å². The summed E-state index contributed by atoms with van der Waals surface area (Å²) in [4.78, 5) is 42.2. The predicted octanol–water partition coefficient (Wildman–Crippen LogP) is 3.36. The van der Waals surface area contributed by atoms with E-state index in [1.807, 2.05) is 24.3 Å². The van der Waals surface area contributed by atoms with Crippen LogP contribution in [0.3, 0.4) is 0 Å². The summed E-state index contributed by atoms with van der Waals surface area (Å²) in [5.41, 5.74) is 3.23. The van der Waals surface area contributed by atoms with Crippen molar-refractivity contribution in [2.24, 2.45) is 0 Å². The first-order valence-electron chi connectivity index (χ1n) is 7.86. The van der Waals surface area contributed by atoms with Gasteiger partial charge in [0.05, 0.1) is 11.3 Å². The minimum atomic E-state index is -0.571. The third-order valence-electron chi connectivity index (χ3n) is 4.21. The molecule has 2 heterocycles. The summed E-state index contributed by atoms with van der Waals surface area (Å²) >= 11 is 0. The van der Waals surface area contributed by atoms with Gasteiger partial charge in [0.15, 0.2) is 12.4 Å². The Labute approximate surface area is 144 Å². The number of aromatic amines is 2. The van der Waals surface area contributed by atoms with Crippen molar-refractivity contribution in [1.29, 1.82) is 0 Å². The molecule has 0 aliphatic carbocycles. The SMILES string of the molecule is CC(=O)c1c(C)[nH]c(C(=O)COC(=O)c2c[nH]c3ccccc23)c1C. The van der Waals surface area contributed by atoms with E-state index in [9.17, 15) is 14.4 Å². The third-order valence-corrected chi connectivity index (χ3v) is 4.21. The molecule has 0 spiro atoms. The molecule has 6 nitrogen and oxygen atoms in total. The number of esters is 1. The van der Waals surface area contributed by atoms with Crippen molar-refractivity contribution in [3.63, 3.8) is 0 Å². The molecule has 0 amide bonds. The molecular formula is C19H18N2O4. The number of ether oxygens (including phenoxy) is 1. The lowest BCUT2D eigenvalue weighted by atomic mass is 10.1. The zero-order valence-corrected chi connectivity index (χ0v) is 14.2. The molecule has 0 bridgehead atoms. The van der Waals surface area contributed by atoms with E-state index in [2.05, 4.69) is 9.97 Å². The van der Waals surface area contributed by atoms with Gasteiger partial charge in [-0.25, -0.2) is 4.79 Å². The van der Waals surface area contributed by atoms with E-state index < -0.39 is 12.6 Å². The summed E-state index contributed by atoms with van der Waals surface area (Å²) < 4.78 is 5.16. The van der Waals surface area contributed by atoms with E-state index in [0.717, 1.165) is 10.9 Å². The number of H-pyrrole nitrogens is 2. The van der Waals surface area contributed by atoms with Crippen LogP contribution in [0.15, 0.2) is 30.5 Å². The van der Waals surface area contributed by atoms with Crippen LogP contribution in [0.1, 0.15) is 49.4 Å². The molecular weight excluding hydrogens is 320 g/mol. The molecule has 0 aliphatic heterocycles. The number of benzene rings is 1. The van der Waals surface area contributed by atoms with Gasteiger partial charge in [-0.2, -0.15) is 0 Å². The largest absolute Gasteiger partial charge is 0.454 e. The molecule has 2 aromatic heterocycles. The summed E-state index contributed by atoms with van der Waals surface area (Å²) in [6, 6.07) is 7.35. The molecule has 6 heteroatoms. The Morgan fingerprint density at radius 3 is 2.52 bits per heavy atom. The van der Waals surface area contributed by atoms with Crippen LogP contribution in [0.5, 0.6) is 0 Å². The Morgan fingerprint density at radius 2 is 1.84 bits per heavy atom. The van der Waals surface area contributed by atoms with Crippen molar-refractivity contribution in [2.75, 3.05) is 6.61 Å². The summed E-state index contributed by atoms with van der Waals surface area (Å²) in [6.07, 6.45) is 1.56. The van der Waals surface area contributed by atoms with Crippen LogP contribution in [0, 0.1) is 13.8 Å². The first-order chi connectivity index (χ1) is 11.9. The first-order valence-corrected chi connectivity index (χ1v) is 7.86. The number of rotatable bonds is 5. The Hall–Kier alpha value is -3.15. The quantitative estimate of drug-likeness (QED) is 0.551. The zero-order valence-electron chi connectivity index (χ0n) is 14.2. The van der Waals surface area contributed by atoms with Gasteiger partial charge >= 0.3 is 5.97 Å². The summed E-state index contributed by atoms with van der Waals surface area (Å²) in [5, 5.41) is 0.741. The summed E-state index contributed by atoms with van der Waals surface area (Å²) in [7, 11) is 0. The van der Waals surface area contributed by atoms with Crippen LogP contribution in [0.2, 0.25) is 0 Å². The Balaban J connectivity index is 1.75. The highest BCUT2D eigenvalue weighted by molar-refractivity contribution is 6.06. The van der Waals surface area contributed by atoms with Gasteiger partial charge in [0.2, 0.25) is 5.78 Å². The molecule has 0 atom stereocenters. The van der Waals surface area contributed by atoms with Crippen LogP contribution in [0.25, 0.3) is 10.9 Å². The Kier molecular flexibility index (Phi) is 4.27. The van der Waals surface area contributed by atoms with E-state index in [1.54, 1.807) is 20.0 Å². The maximum absolute atomic E-state index is 12.4. The molecule has 0 unspecified atom stereocenters. The standard InChI is InChI=1S/C19H18N2O4/c1-10-17(12(3)22)11(2)21-18(10)16(23)9-25-19(24)14-8-20-15-7-5-4-6-13(14)15/h4-8,20-21H,9H2,1-3H3. The van der Waals surface area contributed by atoms with Crippen LogP contribution in [-0.2, 0) is 4.74 Å². The second-order valence-electron chi connectivity index (χ2n) is 5.93. The molecule has 0 radical (unpaired) electrons. The predicted molar refractivity (Wildman–Crippen MR) is 93.2 cm³/mol. The third kappa shape index (κ3) is 2.98. The van der Waals surface area contributed by atoms with E-state index in [0.29, 0.717) is 28.1 Å². The molecule has 128 valence electrons. The highest BCUT2D eigenvalue weighted by Gasteiger charge is 2.21. The van der Waals surface area contributed by atoms with Crippen LogP contribution in [-0.4, -0.2) is 34.1 Å². The van der Waals surface area contributed by atoms with Gasteiger partial charge in [0.25, 0.3) is 0 Å². The molecule has 2 N–H and O–H groups in total. The summed E-state index contributed by atoms with van der Waals surface area (Å²) in [5.74, 6) is -1.05. The Bertz CT molecular complexity index is 994. The topological polar surface area (TPSA) is 92.0 Å². The van der Waals surface area contributed by atoms with Gasteiger partial charge in [-0.1, -0.05) is 18.2 Å². The van der Waals surface area contributed by atoms with Crippen molar-refractivity contribution in [3.8, 4) is 0 Å². The van der Waals surface area contributed by atoms with E-state index in [1.165, 1.54) is 6.92 Å². The van der Waals surface area contributed by atoms with E-state index in [-0.39, 0.29) is 11.6 Å². The molecule has 3 aromatic rings. The number of carbonyl (C=O) groups excluding carboxylic acids is 3. The fraction of sp³-hybridized carbons (Fsp3) is 0.211. The lowest BCUT2D eigenvalue weighted by molar-refractivity contribution is 0.0475. The number of hydrogen-bond acceptors (Lipinski definition) is 4. The normalized spacial score (nSPS) is 10.8. The number of carbonyl (C=O) groups is 3. The Morgan fingerprint density at radius 1 is 1.12 bits per heavy atom. The van der Waals surface area contributed by atoms with Gasteiger partial charge in [-0.15, -0.1) is 0 Å². The average Bonchev–Trinajstić information content (AvgIpc) is 3.13. The van der Waals surface area contributed by atoms with E-state index in [4.69, 9.17) is 4.74 Å². The van der Waals surface area contributed by atoms with Crippen molar-refractivity contribution in [3.05, 3.63) is 58.5 Å². The van der Waals surface area contributed by atoms with Crippen LogP contribution >= 0.6 is 0 Å². The van der Waals surface area contributed by atoms with Gasteiger partial charge in [-0.3, -0.25) is 9.59 Å². The maximum Gasteiger partial charge on any atom is 0.340 e. The fourth-order valence-corrected chi connectivity index (χ4v) is 3.08. The zero-order chi connectivity index (χ0) is 18.1. The van der Waals surface area contributed by atoms with Gasteiger partial charge in [-0.05, 0) is 32.4 Å². The minimum absolute atomic E-state index is 0.110. The molecule has 3 rings (SSSR count). The molecule has 1 aromatic carbocycles. The van der Waals surface area contributed by atoms with Crippen molar-refractivity contribution >= 4 is 28.4 Å². The highest BCUT2D eigenvalue weighted by Crippen LogP contribution is 2.20. The van der Waals surface area contributed by atoms with Crippen LogP contribution in [0.4, 0.5) is 0 Å². The lowest BCUT2D eigenvalue weighted by Crippen LogP contribution is -2.15. The van der Waals surface area contributed by atoms with Crippen molar-refractivity contribution in [2.45, 2.75) is 20.8 Å². The number of Topliss-reactive ketones (excluding diaryl/α,β-unsaturated/α-hetero) is 2. The molecule has 0 fully saturated rings. The number of aromatic nitrogens is 2. The molecule has 25 heavy (non-hydrogen) atoms. The second-order valence-corrected chi connectivity index (χ2v) is 5.93. The van der Waals surface area contributed by atoms with Crippen LogP contribution < -0.4 is 0 Å². The molecule has 0 saturated carbocycles. The number of hydrogen-bond donors (Lipinski definition) is 2. The smallest absolute Gasteiger partial charge is 0.340 e. The molecule has 0 saturated heterocycles. The lowest BCUT2D eigenvalue weighted by Gasteiger charge is -2.04. The minimum Gasteiger partial charge on any atom is -0.454 e. The first kappa shape index (κ1) is 16.7. The van der Waals surface area contributed by atoms with Gasteiger partial charge < -0.3 is 14.7 Å². The number of nitrogens with one attached hydrogen (secondary N) is 2. The highest BCUT2D eigenvalue weighted by atomic mass is 16.5. The second kappa shape index (κ2) is 6.39. The fourth-order valence-electron chi connectivity index (χ4n) is 3.08. The number of ketones is 2. The number of aryl methyl sites for hydroxylation is 1. The van der Waals surface area contributed by atoms with Gasteiger partial charge in [0.1, 0.15) is 0 Å².